The molecule has 0 atom stereocenters. The van der Waals surface area contributed by atoms with Crippen LogP contribution in [-0.2, 0) is 6.54 Å². The predicted molar refractivity (Wildman–Crippen MR) is 49.6 cm³/mol. The third-order valence-corrected chi connectivity index (χ3v) is 2.43. The molecule has 0 amide bonds. The van der Waals surface area contributed by atoms with Crippen molar-refractivity contribution < 1.29 is 5.21 Å². The van der Waals surface area contributed by atoms with Gasteiger partial charge in [-0.25, -0.2) is 5.48 Å². The maximum absolute atomic E-state index is 8.57. The fourth-order valence-electron chi connectivity index (χ4n) is 1.21. The van der Waals surface area contributed by atoms with Gasteiger partial charge in [0.1, 0.15) is 0 Å². The van der Waals surface area contributed by atoms with Crippen LogP contribution in [0.25, 0.3) is 0 Å². The lowest BCUT2D eigenvalue weighted by molar-refractivity contribution is 0.161. The first kappa shape index (κ1) is 9.52. The molecular formula is C9H12ClNO. The number of benzene rings is 1. The molecule has 2 nitrogen and oxygen atoms in total. The van der Waals surface area contributed by atoms with E-state index in [2.05, 4.69) is 5.48 Å². The van der Waals surface area contributed by atoms with Gasteiger partial charge in [0, 0.05) is 11.6 Å². The maximum atomic E-state index is 8.57. The molecule has 1 aromatic carbocycles. The summed E-state index contributed by atoms with van der Waals surface area (Å²) in [5.41, 5.74) is 5.36. The first-order chi connectivity index (χ1) is 5.66. The van der Waals surface area contributed by atoms with Crippen LogP contribution >= 0.6 is 11.6 Å². The number of halogens is 1. The fraction of sp³-hybridized carbons (Fsp3) is 0.333. The van der Waals surface area contributed by atoms with Gasteiger partial charge in [0.15, 0.2) is 0 Å². The van der Waals surface area contributed by atoms with Gasteiger partial charge in [0.2, 0.25) is 0 Å². The van der Waals surface area contributed by atoms with E-state index in [-0.39, 0.29) is 0 Å². The molecule has 0 saturated heterocycles. The second-order valence-electron chi connectivity index (χ2n) is 2.80. The number of nitrogens with one attached hydrogen (secondary N) is 1. The van der Waals surface area contributed by atoms with Crippen LogP contribution in [0.3, 0.4) is 0 Å². The Balaban J connectivity index is 3.14. The Kier molecular flexibility index (Phi) is 3.09. The monoisotopic (exact) mass is 185 g/mol. The number of hydrogen-bond donors (Lipinski definition) is 2. The van der Waals surface area contributed by atoms with E-state index in [1.54, 1.807) is 0 Å². The Morgan fingerprint density at radius 2 is 2.08 bits per heavy atom. The van der Waals surface area contributed by atoms with Crippen LogP contribution in [0.2, 0.25) is 5.02 Å². The summed E-state index contributed by atoms with van der Waals surface area (Å²) < 4.78 is 0. The van der Waals surface area contributed by atoms with Crippen molar-refractivity contribution in [2.45, 2.75) is 20.4 Å². The molecule has 0 spiro atoms. The zero-order valence-electron chi connectivity index (χ0n) is 7.19. The van der Waals surface area contributed by atoms with Crippen molar-refractivity contribution in [2.24, 2.45) is 0 Å². The third-order valence-electron chi connectivity index (χ3n) is 2.02. The molecule has 0 aliphatic rings. The van der Waals surface area contributed by atoms with Crippen LogP contribution in [0.1, 0.15) is 16.7 Å². The summed E-state index contributed by atoms with van der Waals surface area (Å²) in [5.74, 6) is 0. The summed E-state index contributed by atoms with van der Waals surface area (Å²) in [6, 6.07) is 3.81. The summed E-state index contributed by atoms with van der Waals surface area (Å²) in [4.78, 5) is 0. The zero-order valence-corrected chi connectivity index (χ0v) is 7.94. The molecule has 0 saturated carbocycles. The van der Waals surface area contributed by atoms with Gasteiger partial charge in [-0.15, -0.1) is 0 Å². The van der Waals surface area contributed by atoms with Crippen LogP contribution < -0.4 is 5.48 Å². The smallest absolute Gasteiger partial charge is 0.0463 e. The van der Waals surface area contributed by atoms with Crippen LogP contribution in [0.15, 0.2) is 12.1 Å². The maximum Gasteiger partial charge on any atom is 0.0463 e. The van der Waals surface area contributed by atoms with Gasteiger partial charge in [0.05, 0.1) is 0 Å². The highest BCUT2D eigenvalue weighted by molar-refractivity contribution is 6.31. The average Bonchev–Trinajstić information content (AvgIpc) is 2.06. The average molecular weight is 186 g/mol. The molecule has 0 heterocycles. The van der Waals surface area contributed by atoms with E-state index < -0.39 is 0 Å². The Labute approximate surface area is 77.1 Å². The van der Waals surface area contributed by atoms with Crippen LogP contribution in [0.5, 0.6) is 0 Å². The van der Waals surface area contributed by atoms with Crippen molar-refractivity contribution in [3.8, 4) is 0 Å². The van der Waals surface area contributed by atoms with Gasteiger partial charge in [-0.05, 0) is 36.6 Å². The molecule has 3 heteroatoms. The highest BCUT2D eigenvalue weighted by Crippen LogP contribution is 2.21. The Bertz CT molecular complexity index is 286. The third kappa shape index (κ3) is 1.78. The van der Waals surface area contributed by atoms with E-state index in [1.165, 1.54) is 0 Å². The molecule has 0 unspecified atom stereocenters. The van der Waals surface area contributed by atoms with Gasteiger partial charge in [-0.3, -0.25) is 0 Å². The zero-order chi connectivity index (χ0) is 9.14. The van der Waals surface area contributed by atoms with Crippen LogP contribution in [-0.4, -0.2) is 5.21 Å². The number of hydrogen-bond acceptors (Lipinski definition) is 2. The molecule has 0 bridgehead atoms. The van der Waals surface area contributed by atoms with E-state index in [9.17, 15) is 0 Å². The van der Waals surface area contributed by atoms with Crippen LogP contribution in [0, 0.1) is 13.8 Å². The Morgan fingerprint density at radius 3 is 2.67 bits per heavy atom. The lowest BCUT2D eigenvalue weighted by atomic mass is 10.0. The molecule has 12 heavy (non-hydrogen) atoms. The van der Waals surface area contributed by atoms with Crippen molar-refractivity contribution in [1.82, 2.24) is 5.48 Å². The minimum Gasteiger partial charge on any atom is -0.316 e. The summed E-state index contributed by atoms with van der Waals surface area (Å²) >= 11 is 5.91. The van der Waals surface area contributed by atoms with Crippen molar-refractivity contribution >= 4 is 11.6 Å². The minimum atomic E-state index is 0.443. The molecule has 0 aromatic heterocycles. The van der Waals surface area contributed by atoms with E-state index in [0.717, 1.165) is 21.7 Å². The van der Waals surface area contributed by atoms with Gasteiger partial charge < -0.3 is 5.21 Å². The molecular weight excluding hydrogens is 174 g/mol. The minimum absolute atomic E-state index is 0.443. The van der Waals surface area contributed by atoms with Crippen molar-refractivity contribution in [3.63, 3.8) is 0 Å². The molecule has 1 aromatic rings. The van der Waals surface area contributed by atoms with E-state index in [4.69, 9.17) is 16.8 Å². The van der Waals surface area contributed by atoms with Gasteiger partial charge in [-0.1, -0.05) is 17.7 Å². The first-order valence-corrected chi connectivity index (χ1v) is 4.16. The van der Waals surface area contributed by atoms with E-state index in [0.29, 0.717) is 6.54 Å². The first-order valence-electron chi connectivity index (χ1n) is 3.78. The summed E-state index contributed by atoms with van der Waals surface area (Å²) in [5, 5.41) is 9.31. The summed E-state index contributed by atoms with van der Waals surface area (Å²) in [6.45, 7) is 4.39. The second-order valence-corrected chi connectivity index (χ2v) is 3.21. The Morgan fingerprint density at radius 1 is 1.42 bits per heavy atom. The standard InChI is InChI=1S/C9H12ClNO/c1-6-3-4-9(10)7(2)8(6)5-11-12/h3-4,11-12H,5H2,1-2H3. The van der Waals surface area contributed by atoms with Gasteiger partial charge in [-0.2, -0.15) is 0 Å². The van der Waals surface area contributed by atoms with Crippen molar-refractivity contribution in [3.05, 3.63) is 33.8 Å². The second kappa shape index (κ2) is 3.90. The molecule has 0 aliphatic carbocycles. The van der Waals surface area contributed by atoms with Crippen molar-refractivity contribution in [2.75, 3.05) is 0 Å². The van der Waals surface area contributed by atoms with Gasteiger partial charge in [0.25, 0.3) is 0 Å². The molecule has 1 rings (SSSR count). The normalized spacial score (nSPS) is 10.3. The molecule has 0 aliphatic heterocycles. The molecule has 66 valence electrons. The van der Waals surface area contributed by atoms with Crippen molar-refractivity contribution in [1.29, 1.82) is 0 Å². The Hall–Kier alpha value is -0.570. The number of rotatable bonds is 2. The lowest BCUT2D eigenvalue weighted by Gasteiger charge is -2.09. The highest BCUT2D eigenvalue weighted by Gasteiger charge is 2.04. The van der Waals surface area contributed by atoms with Gasteiger partial charge >= 0.3 is 0 Å². The highest BCUT2D eigenvalue weighted by atomic mass is 35.5. The number of aryl methyl sites for hydroxylation is 1. The van der Waals surface area contributed by atoms with E-state index in [1.807, 2.05) is 26.0 Å². The largest absolute Gasteiger partial charge is 0.316 e. The fourth-order valence-corrected chi connectivity index (χ4v) is 1.39. The topological polar surface area (TPSA) is 32.3 Å². The summed E-state index contributed by atoms with van der Waals surface area (Å²) in [7, 11) is 0. The van der Waals surface area contributed by atoms with E-state index >= 15 is 0 Å². The van der Waals surface area contributed by atoms with Crippen LogP contribution in [0.4, 0.5) is 0 Å². The quantitative estimate of drug-likeness (QED) is 0.694. The number of hydroxylamine groups is 1. The molecule has 0 fully saturated rings. The molecule has 2 N–H and O–H groups in total. The summed E-state index contributed by atoms with van der Waals surface area (Å²) in [6.07, 6.45) is 0. The lowest BCUT2D eigenvalue weighted by Crippen LogP contribution is -2.09. The predicted octanol–water partition coefficient (Wildman–Crippen LogP) is 2.44. The SMILES string of the molecule is Cc1ccc(Cl)c(C)c1CNO. The molecule has 0 radical (unpaired) electrons.